The third-order valence-corrected chi connectivity index (χ3v) is 11.8. The number of amides is 1. The summed E-state index contributed by atoms with van der Waals surface area (Å²) in [6.07, 6.45) is 6.80. The average Bonchev–Trinajstić information content (AvgIpc) is 2.96. The number of rotatable bonds is 8. The topological polar surface area (TPSA) is 90.0 Å². The molecule has 0 unspecified atom stereocenters. The molecule has 0 spiro atoms. The summed E-state index contributed by atoms with van der Waals surface area (Å²) in [6, 6.07) is 23.1. The SMILES string of the molecule is O=C(NS(=O)(=O)CC12CC3CC(CC(C3)C1)C2)c1ccc(N2CCN(Cc3ccccc3-c3cccc(O)c3)CC2)cc1. The van der Waals surface area contributed by atoms with Gasteiger partial charge in [-0.2, -0.15) is 0 Å². The molecule has 5 aliphatic rings. The van der Waals surface area contributed by atoms with Gasteiger partial charge in [-0.05, 0) is 115 Å². The molecule has 3 aromatic rings. The van der Waals surface area contributed by atoms with Crippen LogP contribution in [0.5, 0.6) is 5.75 Å². The highest BCUT2D eigenvalue weighted by molar-refractivity contribution is 7.90. The Morgan fingerprint density at radius 1 is 0.837 bits per heavy atom. The van der Waals surface area contributed by atoms with Gasteiger partial charge in [0.05, 0.1) is 5.75 Å². The van der Waals surface area contributed by atoms with Crippen molar-refractivity contribution in [2.75, 3.05) is 36.8 Å². The maximum Gasteiger partial charge on any atom is 0.264 e. The van der Waals surface area contributed by atoms with Crippen molar-refractivity contribution in [2.24, 2.45) is 23.2 Å². The Kier molecular flexibility index (Phi) is 7.46. The fourth-order valence-electron chi connectivity index (χ4n) is 8.95. The molecule has 4 saturated carbocycles. The van der Waals surface area contributed by atoms with E-state index in [-0.39, 0.29) is 16.9 Å². The molecule has 1 saturated heterocycles. The van der Waals surface area contributed by atoms with Gasteiger partial charge in [0, 0.05) is 44.0 Å². The van der Waals surface area contributed by atoms with Crippen molar-refractivity contribution in [1.29, 1.82) is 0 Å². The summed E-state index contributed by atoms with van der Waals surface area (Å²) in [7, 11) is -3.71. The second kappa shape index (κ2) is 11.3. The van der Waals surface area contributed by atoms with Crippen molar-refractivity contribution < 1.29 is 18.3 Å². The smallest absolute Gasteiger partial charge is 0.264 e. The van der Waals surface area contributed by atoms with Gasteiger partial charge in [-0.25, -0.2) is 13.1 Å². The highest BCUT2D eigenvalue weighted by Gasteiger charge is 2.52. The molecule has 5 fully saturated rings. The largest absolute Gasteiger partial charge is 0.508 e. The highest BCUT2D eigenvalue weighted by atomic mass is 32.2. The number of sulfonamides is 1. The zero-order valence-electron chi connectivity index (χ0n) is 24.6. The van der Waals surface area contributed by atoms with Gasteiger partial charge in [0.25, 0.3) is 5.91 Å². The first-order valence-corrected chi connectivity index (χ1v) is 17.4. The maximum atomic E-state index is 13.1. The van der Waals surface area contributed by atoms with Crippen LogP contribution < -0.4 is 9.62 Å². The van der Waals surface area contributed by atoms with Crippen LogP contribution in [0.3, 0.4) is 0 Å². The monoisotopic (exact) mass is 599 g/mol. The zero-order chi connectivity index (χ0) is 29.6. The van der Waals surface area contributed by atoms with Crippen molar-refractivity contribution in [3.8, 4) is 16.9 Å². The molecule has 3 aromatic carbocycles. The number of phenols is 1. The number of hydrogen-bond donors (Lipinski definition) is 2. The van der Waals surface area contributed by atoms with E-state index in [9.17, 15) is 18.3 Å². The second-order valence-electron chi connectivity index (χ2n) is 13.6. The first-order chi connectivity index (χ1) is 20.7. The Labute approximate surface area is 255 Å². The van der Waals surface area contributed by atoms with Crippen molar-refractivity contribution in [3.63, 3.8) is 0 Å². The number of benzene rings is 3. The summed E-state index contributed by atoms with van der Waals surface area (Å²) >= 11 is 0. The van der Waals surface area contributed by atoms with Crippen LogP contribution in [-0.4, -0.2) is 56.3 Å². The van der Waals surface area contributed by atoms with Crippen LogP contribution in [0, 0.1) is 23.2 Å². The molecular weight excluding hydrogens is 558 g/mol. The number of aromatic hydroxyl groups is 1. The molecule has 8 heteroatoms. The molecule has 4 bridgehead atoms. The van der Waals surface area contributed by atoms with E-state index in [4.69, 9.17) is 0 Å². The van der Waals surface area contributed by atoms with E-state index < -0.39 is 15.9 Å². The van der Waals surface area contributed by atoms with E-state index in [1.807, 2.05) is 30.3 Å². The molecule has 43 heavy (non-hydrogen) atoms. The fourth-order valence-corrected chi connectivity index (χ4v) is 10.6. The quantitative estimate of drug-likeness (QED) is 0.348. The predicted octanol–water partition coefficient (Wildman–Crippen LogP) is 5.66. The number of phenolic OH excluding ortho intramolecular Hbond substituents is 1. The van der Waals surface area contributed by atoms with Gasteiger partial charge in [0.1, 0.15) is 5.75 Å². The molecule has 0 radical (unpaired) electrons. The maximum absolute atomic E-state index is 13.1. The van der Waals surface area contributed by atoms with E-state index in [0.717, 1.165) is 68.8 Å². The minimum Gasteiger partial charge on any atom is -0.508 e. The number of anilines is 1. The lowest BCUT2D eigenvalue weighted by Crippen LogP contribution is -2.51. The standard InChI is InChI=1S/C35H41N3O4S/c39-32-6-3-5-29(19-32)33-7-2-1-4-30(33)23-37-12-14-38(15-13-37)31-10-8-28(9-11-31)34(40)36-43(41,42)24-35-20-25-16-26(21-35)18-27(17-25)22-35/h1-11,19,25-27,39H,12-18,20-24H2,(H,36,40). The van der Waals surface area contributed by atoms with Gasteiger partial charge in [-0.15, -0.1) is 0 Å². The number of nitrogens with zero attached hydrogens (tertiary/aromatic N) is 2. The van der Waals surface area contributed by atoms with Crippen LogP contribution >= 0.6 is 0 Å². The van der Waals surface area contributed by atoms with E-state index in [1.54, 1.807) is 24.3 Å². The summed E-state index contributed by atoms with van der Waals surface area (Å²) in [4.78, 5) is 17.7. The van der Waals surface area contributed by atoms with Gasteiger partial charge >= 0.3 is 0 Å². The summed E-state index contributed by atoms with van der Waals surface area (Å²) in [5.41, 5.74) is 4.65. The number of piperazine rings is 1. The van der Waals surface area contributed by atoms with Crippen LogP contribution in [-0.2, 0) is 16.6 Å². The second-order valence-corrected chi connectivity index (χ2v) is 15.3. The minimum absolute atomic E-state index is 0.0793. The van der Waals surface area contributed by atoms with Crippen LogP contribution in [0.2, 0.25) is 0 Å². The van der Waals surface area contributed by atoms with Gasteiger partial charge in [0.2, 0.25) is 10.0 Å². The van der Waals surface area contributed by atoms with E-state index in [2.05, 4.69) is 32.7 Å². The lowest BCUT2D eigenvalue weighted by Gasteiger charge is -2.56. The first kappa shape index (κ1) is 28.4. The first-order valence-electron chi connectivity index (χ1n) is 15.7. The van der Waals surface area contributed by atoms with Crippen molar-refractivity contribution in [3.05, 3.63) is 83.9 Å². The van der Waals surface area contributed by atoms with Crippen molar-refractivity contribution >= 4 is 21.6 Å². The van der Waals surface area contributed by atoms with Gasteiger partial charge in [-0.3, -0.25) is 9.69 Å². The third kappa shape index (κ3) is 6.18. The molecule has 8 rings (SSSR count). The molecule has 0 aromatic heterocycles. The Morgan fingerprint density at radius 2 is 1.49 bits per heavy atom. The van der Waals surface area contributed by atoms with Crippen LogP contribution in [0.1, 0.15) is 54.4 Å². The fraction of sp³-hybridized carbons (Fsp3) is 0.457. The highest BCUT2D eigenvalue weighted by Crippen LogP contribution is 2.60. The minimum atomic E-state index is -3.71. The predicted molar refractivity (Wildman–Crippen MR) is 169 cm³/mol. The number of carbonyl (C=O) groups excluding carboxylic acids is 1. The summed E-state index contributed by atoms with van der Waals surface area (Å²) in [5.74, 6) is 1.83. The van der Waals surface area contributed by atoms with Gasteiger partial charge in [-0.1, -0.05) is 36.4 Å². The molecule has 2 N–H and O–H groups in total. The Balaban J connectivity index is 0.937. The summed E-state index contributed by atoms with van der Waals surface area (Å²) in [6.45, 7) is 4.35. The average molecular weight is 600 g/mol. The number of hydrogen-bond acceptors (Lipinski definition) is 6. The summed E-state index contributed by atoms with van der Waals surface area (Å²) in [5, 5.41) is 9.95. The van der Waals surface area contributed by atoms with Crippen molar-refractivity contribution in [1.82, 2.24) is 9.62 Å². The Morgan fingerprint density at radius 3 is 2.14 bits per heavy atom. The molecule has 7 nitrogen and oxygen atoms in total. The Hall–Kier alpha value is -3.36. The molecule has 1 amide bonds. The molecule has 1 aliphatic heterocycles. The number of carbonyl (C=O) groups is 1. The molecular formula is C35H41N3O4S. The normalized spacial score (nSPS) is 26.9. The Bertz CT molecular complexity index is 1560. The number of nitrogens with one attached hydrogen (secondary N) is 1. The van der Waals surface area contributed by atoms with E-state index in [1.165, 1.54) is 24.8 Å². The molecule has 4 aliphatic carbocycles. The van der Waals surface area contributed by atoms with Crippen LogP contribution in [0.4, 0.5) is 5.69 Å². The zero-order valence-corrected chi connectivity index (χ0v) is 25.4. The van der Waals surface area contributed by atoms with Crippen LogP contribution in [0.15, 0.2) is 72.8 Å². The summed E-state index contributed by atoms with van der Waals surface area (Å²) < 4.78 is 28.7. The lowest BCUT2D eigenvalue weighted by molar-refractivity contribution is -0.0391. The van der Waals surface area contributed by atoms with Crippen LogP contribution in [0.25, 0.3) is 11.1 Å². The van der Waals surface area contributed by atoms with Crippen molar-refractivity contribution in [2.45, 2.75) is 45.1 Å². The van der Waals surface area contributed by atoms with E-state index in [0.29, 0.717) is 23.3 Å². The third-order valence-electron chi connectivity index (χ3n) is 10.3. The van der Waals surface area contributed by atoms with Gasteiger partial charge in [0.15, 0.2) is 0 Å². The van der Waals surface area contributed by atoms with Gasteiger partial charge < -0.3 is 10.0 Å². The molecule has 226 valence electrons. The lowest BCUT2D eigenvalue weighted by atomic mass is 9.50. The van der Waals surface area contributed by atoms with E-state index >= 15 is 0 Å². The molecule has 1 heterocycles. The molecule has 0 atom stereocenters.